The molecule has 0 spiro atoms. The molecule has 5 nitrogen and oxygen atoms in total. The van der Waals surface area contributed by atoms with Gasteiger partial charge in [0, 0.05) is 25.4 Å². The van der Waals surface area contributed by atoms with Crippen LogP contribution in [-0.4, -0.2) is 27.5 Å². The predicted octanol–water partition coefficient (Wildman–Crippen LogP) is 0.765. The minimum absolute atomic E-state index is 0.0435. The smallest absolute Gasteiger partial charge is 0.238 e. The summed E-state index contributed by atoms with van der Waals surface area (Å²) in [6, 6.07) is -0.698. The Morgan fingerprint density at radius 3 is 2.74 bits per heavy atom. The Hall–Kier alpha value is -1.80. The Morgan fingerprint density at radius 2 is 2.26 bits per heavy atom. The summed E-state index contributed by atoms with van der Waals surface area (Å²) in [7, 11) is 0. The van der Waals surface area contributed by atoms with E-state index in [9.17, 15) is 4.79 Å². The van der Waals surface area contributed by atoms with Crippen molar-refractivity contribution in [3.05, 3.63) is 18.7 Å². The van der Waals surface area contributed by atoms with Gasteiger partial charge in [-0.15, -0.1) is 12.3 Å². The lowest BCUT2D eigenvalue weighted by Gasteiger charge is -2.32. The van der Waals surface area contributed by atoms with Gasteiger partial charge in [-0.3, -0.25) is 4.79 Å². The van der Waals surface area contributed by atoms with Crippen LogP contribution in [0.1, 0.15) is 27.2 Å². The highest BCUT2D eigenvalue weighted by atomic mass is 16.2. The van der Waals surface area contributed by atoms with Gasteiger partial charge in [0.2, 0.25) is 5.91 Å². The second-order valence-corrected chi connectivity index (χ2v) is 5.70. The van der Waals surface area contributed by atoms with Crippen LogP contribution in [0.5, 0.6) is 0 Å². The van der Waals surface area contributed by atoms with Crippen molar-refractivity contribution >= 4 is 5.91 Å². The first kappa shape index (κ1) is 15.3. The van der Waals surface area contributed by atoms with Crippen LogP contribution in [0.2, 0.25) is 0 Å². The normalized spacial score (nSPS) is 14.5. The quantitative estimate of drug-likeness (QED) is 0.770. The summed E-state index contributed by atoms with van der Waals surface area (Å²) in [6.45, 7) is 6.86. The van der Waals surface area contributed by atoms with Crippen molar-refractivity contribution in [2.24, 2.45) is 11.1 Å². The molecule has 0 saturated heterocycles. The fourth-order valence-corrected chi connectivity index (χ4v) is 1.64. The second kappa shape index (κ2) is 6.39. The minimum Gasteiger partial charge on any atom is -0.350 e. The van der Waals surface area contributed by atoms with Crippen LogP contribution in [0, 0.1) is 17.8 Å². The summed E-state index contributed by atoms with van der Waals surface area (Å²) in [6.07, 6.45) is 10.7. The number of carbonyl (C=O) groups excluding carboxylic acids is 1. The number of hydrogen-bond acceptors (Lipinski definition) is 3. The van der Waals surface area contributed by atoms with Crippen molar-refractivity contribution in [2.75, 3.05) is 0 Å². The number of carbonyl (C=O) groups is 1. The molecule has 2 atom stereocenters. The van der Waals surface area contributed by atoms with Gasteiger partial charge >= 0.3 is 0 Å². The van der Waals surface area contributed by atoms with Crippen molar-refractivity contribution in [3.8, 4) is 12.3 Å². The van der Waals surface area contributed by atoms with E-state index in [0.29, 0.717) is 6.54 Å². The first-order valence-corrected chi connectivity index (χ1v) is 6.29. The van der Waals surface area contributed by atoms with Crippen LogP contribution in [-0.2, 0) is 11.3 Å². The van der Waals surface area contributed by atoms with Gasteiger partial charge in [-0.2, -0.15) is 0 Å². The summed E-state index contributed by atoms with van der Waals surface area (Å²) in [5.74, 6) is 2.19. The third-order valence-electron chi connectivity index (χ3n) is 2.99. The van der Waals surface area contributed by atoms with Crippen LogP contribution in [0.4, 0.5) is 0 Å². The number of hydrogen-bond donors (Lipinski definition) is 2. The van der Waals surface area contributed by atoms with Gasteiger partial charge in [-0.05, 0) is 5.41 Å². The molecular formula is C14H22N4O. The topological polar surface area (TPSA) is 72.9 Å². The highest BCUT2D eigenvalue weighted by Crippen LogP contribution is 2.20. The zero-order chi connectivity index (χ0) is 14.5. The van der Waals surface area contributed by atoms with E-state index in [4.69, 9.17) is 12.2 Å². The van der Waals surface area contributed by atoms with E-state index in [2.05, 4.69) is 37.0 Å². The first-order chi connectivity index (χ1) is 8.84. The number of terminal acetylenes is 1. The maximum absolute atomic E-state index is 12.0. The number of amides is 1. The maximum atomic E-state index is 12.0. The van der Waals surface area contributed by atoms with E-state index in [1.165, 1.54) is 0 Å². The highest BCUT2D eigenvalue weighted by Gasteiger charge is 2.28. The molecule has 104 valence electrons. The number of nitrogens with zero attached hydrogens (tertiary/aromatic N) is 2. The number of nitrogens with one attached hydrogen (secondary N) is 1. The van der Waals surface area contributed by atoms with Crippen LogP contribution >= 0.6 is 0 Å². The molecule has 0 aliphatic carbocycles. The van der Waals surface area contributed by atoms with E-state index in [-0.39, 0.29) is 23.8 Å². The average molecular weight is 262 g/mol. The molecule has 0 aliphatic rings. The molecule has 3 N–H and O–H groups in total. The summed E-state index contributed by atoms with van der Waals surface area (Å²) in [4.78, 5) is 16.0. The lowest BCUT2D eigenvalue weighted by Crippen LogP contribution is -2.51. The van der Waals surface area contributed by atoms with Gasteiger partial charge in [0.1, 0.15) is 0 Å². The lowest BCUT2D eigenvalue weighted by molar-refractivity contribution is -0.123. The maximum Gasteiger partial charge on any atom is 0.238 e. The molecule has 1 amide bonds. The zero-order valence-electron chi connectivity index (χ0n) is 11.8. The Balaban J connectivity index is 2.71. The Bertz CT molecular complexity index is 439. The van der Waals surface area contributed by atoms with E-state index < -0.39 is 6.04 Å². The minimum atomic E-state index is -0.655. The van der Waals surface area contributed by atoms with E-state index in [1.54, 1.807) is 12.5 Å². The van der Waals surface area contributed by atoms with Gasteiger partial charge < -0.3 is 15.6 Å². The van der Waals surface area contributed by atoms with E-state index in [0.717, 1.165) is 0 Å². The van der Waals surface area contributed by atoms with Gasteiger partial charge in [-0.1, -0.05) is 20.8 Å². The third kappa shape index (κ3) is 4.76. The van der Waals surface area contributed by atoms with Gasteiger partial charge in [0.25, 0.3) is 0 Å². The Labute approximate surface area is 114 Å². The molecule has 0 aliphatic heterocycles. The molecule has 0 radical (unpaired) electrons. The molecule has 0 bridgehead atoms. The molecule has 1 rings (SSSR count). The van der Waals surface area contributed by atoms with Gasteiger partial charge in [-0.25, -0.2) is 4.98 Å². The van der Waals surface area contributed by atoms with Crippen LogP contribution < -0.4 is 11.1 Å². The molecular weight excluding hydrogens is 240 g/mol. The standard InChI is InChI=1S/C14H22N4O/c1-5-6-11(15)13(19)17-12(14(2,3)4)9-18-8-7-16-10-18/h1,7-8,10-12H,6,9,15H2,2-4H3,(H,17,19). The van der Waals surface area contributed by atoms with Crippen LogP contribution in [0.15, 0.2) is 18.7 Å². The molecule has 0 fully saturated rings. The molecule has 2 unspecified atom stereocenters. The molecule has 1 heterocycles. The summed E-state index contributed by atoms with van der Waals surface area (Å²) >= 11 is 0. The largest absolute Gasteiger partial charge is 0.350 e. The lowest BCUT2D eigenvalue weighted by atomic mass is 9.86. The number of nitrogens with two attached hydrogens (primary N) is 1. The molecule has 0 aromatic carbocycles. The SMILES string of the molecule is C#CCC(N)C(=O)NC(Cn1ccnc1)C(C)(C)C. The van der Waals surface area contributed by atoms with E-state index >= 15 is 0 Å². The molecule has 1 aromatic heterocycles. The highest BCUT2D eigenvalue weighted by molar-refractivity contribution is 5.82. The Kier molecular flexibility index (Phi) is 5.13. The summed E-state index contributed by atoms with van der Waals surface area (Å²) in [5.41, 5.74) is 5.63. The van der Waals surface area contributed by atoms with Crippen LogP contribution in [0.25, 0.3) is 0 Å². The molecule has 19 heavy (non-hydrogen) atoms. The first-order valence-electron chi connectivity index (χ1n) is 6.29. The fraction of sp³-hybridized carbons (Fsp3) is 0.571. The van der Waals surface area contributed by atoms with Crippen molar-refractivity contribution in [1.82, 2.24) is 14.9 Å². The Morgan fingerprint density at radius 1 is 1.58 bits per heavy atom. The van der Waals surface area contributed by atoms with Crippen molar-refractivity contribution < 1.29 is 4.79 Å². The van der Waals surface area contributed by atoms with Gasteiger partial charge in [0.05, 0.1) is 18.4 Å². The number of imidazole rings is 1. The van der Waals surface area contributed by atoms with Crippen molar-refractivity contribution in [2.45, 2.75) is 45.8 Å². The molecule has 1 aromatic rings. The fourth-order valence-electron chi connectivity index (χ4n) is 1.64. The van der Waals surface area contributed by atoms with E-state index in [1.807, 2.05) is 10.8 Å². The number of rotatable bonds is 5. The van der Waals surface area contributed by atoms with Gasteiger partial charge in [0.15, 0.2) is 0 Å². The predicted molar refractivity (Wildman–Crippen MR) is 75.0 cm³/mol. The summed E-state index contributed by atoms with van der Waals surface area (Å²) in [5, 5.41) is 2.97. The van der Waals surface area contributed by atoms with Crippen LogP contribution in [0.3, 0.4) is 0 Å². The second-order valence-electron chi connectivity index (χ2n) is 5.70. The third-order valence-corrected chi connectivity index (χ3v) is 2.99. The molecule has 0 saturated carbocycles. The van der Waals surface area contributed by atoms with Crippen molar-refractivity contribution in [3.63, 3.8) is 0 Å². The monoisotopic (exact) mass is 262 g/mol. The average Bonchev–Trinajstić information content (AvgIpc) is 2.80. The zero-order valence-corrected chi connectivity index (χ0v) is 11.8. The van der Waals surface area contributed by atoms with Crippen molar-refractivity contribution in [1.29, 1.82) is 0 Å². The number of aromatic nitrogens is 2. The summed E-state index contributed by atoms with van der Waals surface area (Å²) < 4.78 is 1.93. The molecule has 5 heteroatoms.